The standard InChI is InChI=1S/C23H22F4N6O/c1-22(28)7-8-32(12-22)20(23(25,26)27)14-4-6-18-30-31-21(33(18)11-14)16-5-3-13-9-15(24)10-17(34-2)19(13)29-16/h3-6,9-11,20H,7-8,12,28H2,1-2H3/t20-,22-/m1/s1. The van der Waals surface area contributed by atoms with E-state index in [1.165, 1.54) is 46.9 Å². The Morgan fingerprint density at radius 3 is 2.62 bits per heavy atom. The Balaban J connectivity index is 1.62. The van der Waals surface area contributed by atoms with Crippen molar-refractivity contribution in [3.8, 4) is 17.3 Å². The van der Waals surface area contributed by atoms with Crippen molar-refractivity contribution in [1.82, 2.24) is 24.5 Å². The van der Waals surface area contributed by atoms with Gasteiger partial charge in [0.05, 0.1) is 7.11 Å². The molecule has 0 saturated carbocycles. The normalized spacial score (nSPS) is 20.3. The molecule has 0 bridgehead atoms. The number of hydrogen-bond donors (Lipinski definition) is 1. The molecule has 3 aromatic heterocycles. The molecular weight excluding hydrogens is 452 g/mol. The van der Waals surface area contributed by atoms with Crippen LogP contribution in [0.15, 0.2) is 42.6 Å². The van der Waals surface area contributed by atoms with Crippen molar-refractivity contribution in [2.24, 2.45) is 5.73 Å². The van der Waals surface area contributed by atoms with E-state index >= 15 is 0 Å². The number of halogens is 4. The summed E-state index contributed by atoms with van der Waals surface area (Å²) in [6.45, 7) is 2.13. The molecule has 4 aromatic rings. The molecule has 0 radical (unpaired) electrons. The highest BCUT2D eigenvalue weighted by Crippen LogP contribution is 2.41. The molecular formula is C23H22F4N6O. The maximum Gasteiger partial charge on any atom is 0.408 e. The van der Waals surface area contributed by atoms with Gasteiger partial charge in [-0.1, -0.05) is 12.1 Å². The molecule has 2 N–H and O–H groups in total. The summed E-state index contributed by atoms with van der Waals surface area (Å²) in [5.41, 5.74) is 6.62. The second-order valence-electron chi connectivity index (χ2n) is 8.91. The Morgan fingerprint density at radius 1 is 1.15 bits per heavy atom. The monoisotopic (exact) mass is 474 g/mol. The zero-order valence-electron chi connectivity index (χ0n) is 18.5. The summed E-state index contributed by atoms with van der Waals surface area (Å²) in [6, 6.07) is 6.91. The Kier molecular flexibility index (Phi) is 5.21. The number of benzene rings is 1. The molecule has 1 fully saturated rings. The molecule has 0 aliphatic carbocycles. The quantitative estimate of drug-likeness (QED) is 0.448. The first-order valence-corrected chi connectivity index (χ1v) is 10.6. The molecule has 0 amide bonds. The van der Waals surface area contributed by atoms with Crippen LogP contribution in [0.3, 0.4) is 0 Å². The lowest BCUT2D eigenvalue weighted by atomic mass is 10.0. The van der Waals surface area contributed by atoms with E-state index in [2.05, 4.69) is 15.2 Å². The third kappa shape index (κ3) is 3.94. The van der Waals surface area contributed by atoms with Crippen LogP contribution < -0.4 is 10.5 Å². The summed E-state index contributed by atoms with van der Waals surface area (Å²) in [5, 5.41) is 8.75. The van der Waals surface area contributed by atoms with Crippen LogP contribution in [0.5, 0.6) is 5.75 Å². The van der Waals surface area contributed by atoms with Crippen LogP contribution in [0.1, 0.15) is 24.9 Å². The van der Waals surface area contributed by atoms with Crippen LogP contribution >= 0.6 is 0 Å². The van der Waals surface area contributed by atoms with Crippen LogP contribution in [0.4, 0.5) is 17.6 Å². The number of nitrogens with two attached hydrogens (primary N) is 1. The van der Waals surface area contributed by atoms with Crippen molar-refractivity contribution >= 4 is 16.6 Å². The zero-order valence-corrected chi connectivity index (χ0v) is 18.5. The van der Waals surface area contributed by atoms with E-state index in [4.69, 9.17) is 10.5 Å². The lowest BCUT2D eigenvalue weighted by molar-refractivity contribution is -0.184. The number of likely N-dealkylation sites (tertiary alicyclic amines) is 1. The second-order valence-corrected chi connectivity index (χ2v) is 8.91. The van der Waals surface area contributed by atoms with Gasteiger partial charge in [-0.15, -0.1) is 10.2 Å². The summed E-state index contributed by atoms with van der Waals surface area (Å²) < 4.78 is 63.1. The minimum Gasteiger partial charge on any atom is -0.494 e. The molecule has 0 unspecified atom stereocenters. The molecule has 178 valence electrons. The van der Waals surface area contributed by atoms with E-state index in [1.54, 1.807) is 19.1 Å². The number of aromatic nitrogens is 4. The van der Waals surface area contributed by atoms with Crippen LogP contribution in [0.2, 0.25) is 0 Å². The predicted molar refractivity (Wildman–Crippen MR) is 118 cm³/mol. The average molecular weight is 474 g/mol. The van der Waals surface area contributed by atoms with Crippen LogP contribution in [0.25, 0.3) is 28.1 Å². The molecule has 1 saturated heterocycles. The fourth-order valence-corrected chi connectivity index (χ4v) is 4.54. The molecule has 1 aliphatic rings. The van der Waals surface area contributed by atoms with Crippen LogP contribution in [-0.4, -0.2) is 56.4 Å². The van der Waals surface area contributed by atoms with Gasteiger partial charge in [0.15, 0.2) is 11.5 Å². The largest absolute Gasteiger partial charge is 0.494 e. The van der Waals surface area contributed by atoms with E-state index in [0.717, 1.165) is 0 Å². The fraction of sp³-hybridized carbons (Fsp3) is 0.348. The number of nitrogens with zero attached hydrogens (tertiary/aromatic N) is 5. The highest BCUT2D eigenvalue weighted by Gasteiger charge is 2.48. The number of fused-ring (bicyclic) bond motifs is 2. The number of methoxy groups -OCH3 is 1. The Hall–Kier alpha value is -3.31. The molecule has 2 atom stereocenters. The summed E-state index contributed by atoms with van der Waals surface area (Å²) in [4.78, 5) is 5.90. The highest BCUT2D eigenvalue weighted by molar-refractivity contribution is 5.86. The SMILES string of the molecule is COc1cc(F)cc2ccc(-c3nnc4ccc([C@@H](N5CC[C@@](C)(N)C5)C(F)(F)F)cn34)nc12. The van der Waals surface area contributed by atoms with Crippen molar-refractivity contribution in [1.29, 1.82) is 0 Å². The smallest absolute Gasteiger partial charge is 0.408 e. The van der Waals surface area contributed by atoms with Gasteiger partial charge in [-0.25, -0.2) is 9.37 Å². The zero-order chi connectivity index (χ0) is 24.3. The van der Waals surface area contributed by atoms with Gasteiger partial charge in [0.2, 0.25) is 0 Å². The molecule has 1 aromatic carbocycles. The topological polar surface area (TPSA) is 81.6 Å². The van der Waals surface area contributed by atoms with E-state index in [9.17, 15) is 17.6 Å². The van der Waals surface area contributed by atoms with Gasteiger partial charge in [0, 0.05) is 36.3 Å². The van der Waals surface area contributed by atoms with Gasteiger partial charge < -0.3 is 10.5 Å². The fourth-order valence-electron chi connectivity index (χ4n) is 4.54. The summed E-state index contributed by atoms with van der Waals surface area (Å²) >= 11 is 0. The Labute approximate surface area is 192 Å². The van der Waals surface area contributed by atoms with E-state index in [0.29, 0.717) is 28.7 Å². The van der Waals surface area contributed by atoms with E-state index in [-0.39, 0.29) is 30.2 Å². The molecule has 1 aliphatic heterocycles. The Morgan fingerprint density at radius 2 is 1.94 bits per heavy atom. The third-order valence-electron chi connectivity index (χ3n) is 6.12. The van der Waals surface area contributed by atoms with Gasteiger partial charge in [0.1, 0.15) is 28.8 Å². The van der Waals surface area contributed by atoms with Crippen molar-refractivity contribution in [2.45, 2.75) is 31.1 Å². The Bertz CT molecular complexity index is 1380. The maximum atomic E-state index is 14.2. The number of rotatable bonds is 4. The number of hydrogen-bond acceptors (Lipinski definition) is 6. The molecule has 11 heteroatoms. The van der Waals surface area contributed by atoms with Gasteiger partial charge in [0.25, 0.3) is 0 Å². The lowest BCUT2D eigenvalue weighted by Crippen LogP contribution is -2.43. The second kappa shape index (κ2) is 7.88. The van der Waals surface area contributed by atoms with Gasteiger partial charge in [-0.2, -0.15) is 13.2 Å². The molecule has 4 heterocycles. The molecule has 0 spiro atoms. The van der Waals surface area contributed by atoms with E-state index in [1.807, 2.05) is 0 Å². The highest BCUT2D eigenvalue weighted by atomic mass is 19.4. The average Bonchev–Trinajstić information content (AvgIpc) is 3.34. The van der Waals surface area contributed by atoms with Gasteiger partial charge in [-0.05, 0) is 37.1 Å². The minimum absolute atomic E-state index is 0.0548. The first-order valence-electron chi connectivity index (χ1n) is 10.6. The third-order valence-corrected chi connectivity index (χ3v) is 6.12. The predicted octanol–water partition coefficient (Wildman–Crippen LogP) is 4.12. The van der Waals surface area contributed by atoms with Gasteiger partial charge >= 0.3 is 6.18 Å². The molecule has 7 nitrogen and oxygen atoms in total. The van der Waals surface area contributed by atoms with Crippen molar-refractivity contribution in [2.75, 3.05) is 20.2 Å². The maximum absolute atomic E-state index is 14.2. The first kappa shape index (κ1) is 22.5. The van der Waals surface area contributed by atoms with E-state index < -0.39 is 23.6 Å². The summed E-state index contributed by atoms with van der Waals surface area (Å²) in [6.07, 6.45) is -2.63. The van der Waals surface area contributed by atoms with Crippen molar-refractivity contribution in [3.05, 3.63) is 54.0 Å². The molecule has 5 rings (SSSR count). The summed E-state index contributed by atoms with van der Waals surface area (Å²) in [7, 11) is 1.41. The summed E-state index contributed by atoms with van der Waals surface area (Å²) in [5.74, 6) is 0.0312. The van der Waals surface area contributed by atoms with Crippen LogP contribution in [0, 0.1) is 5.82 Å². The molecule has 34 heavy (non-hydrogen) atoms. The number of alkyl halides is 3. The lowest BCUT2D eigenvalue weighted by Gasteiger charge is -2.31. The number of pyridine rings is 2. The van der Waals surface area contributed by atoms with Crippen molar-refractivity contribution in [3.63, 3.8) is 0 Å². The first-order chi connectivity index (χ1) is 16.1. The van der Waals surface area contributed by atoms with Gasteiger partial charge in [-0.3, -0.25) is 9.30 Å². The number of ether oxygens (including phenoxy) is 1. The van der Waals surface area contributed by atoms with Crippen molar-refractivity contribution < 1.29 is 22.3 Å². The minimum atomic E-state index is -4.50. The van der Waals surface area contributed by atoms with Crippen LogP contribution in [-0.2, 0) is 0 Å².